The van der Waals surface area contributed by atoms with Crippen LogP contribution in [0.5, 0.6) is 5.75 Å². The summed E-state index contributed by atoms with van der Waals surface area (Å²) < 4.78 is 18.5. The molecule has 0 bridgehead atoms. The topological polar surface area (TPSA) is 51.2 Å². The van der Waals surface area contributed by atoms with Gasteiger partial charge < -0.3 is 19.3 Å². The first-order chi connectivity index (χ1) is 10.7. The normalized spacial score (nSPS) is 35.4. The van der Waals surface area contributed by atoms with Gasteiger partial charge in [-0.05, 0) is 18.2 Å². The highest BCUT2D eigenvalue weighted by Crippen LogP contribution is 2.43. The number of hydrogen-bond acceptors (Lipinski definition) is 5. The summed E-state index contributed by atoms with van der Waals surface area (Å²) in [6.07, 6.45) is -0.578. The van der Waals surface area contributed by atoms with E-state index in [4.69, 9.17) is 14.2 Å². The molecule has 6 heteroatoms. The van der Waals surface area contributed by atoms with Crippen molar-refractivity contribution in [1.82, 2.24) is 4.90 Å². The van der Waals surface area contributed by atoms with E-state index in [2.05, 4.69) is 20.8 Å². The molecule has 4 rings (SSSR count). The molecule has 2 fully saturated rings. The van der Waals surface area contributed by atoms with E-state index in [0.717, 1.165) is 42.1 Å². The van der Waals surface area contributed by atoms with E-state index in [1.807, 2.05) is 18.2 Å². The fourth-order valence-electron chi connectivity index (χ4n) is 3.69. The number of aliphatic hydroxyl groups excluding tert-OH is 1. The lowest BCUT2D eigenvalue weighted by Gasteiger charge is -2.48. The Morgan fingerprint density at radius 1 is 1.14 bits per heavy atom. The van der Waals surface area contributed by atoms with Gasteiger partial charge in [-0.1, -0.05) is 15.9 Å². The number of ether oxygens (including phenoxy) is 3. The molecule has 1 N–H and O–H groups in total. The maximum absolute atomic E-state index is 10.8. The van der Waals surface area contributed by atoms with Gasteiger partial charge in [0, 0.05) is 23.1 Å². The maximum atomic E-state index is 10.8. The molecule has 3 heterocycles. The molecule has 3 aliphatic heterocycles. The Morgan fingerprint density at radius 3 is 2.77 bits per heavy atom. The fraction of sp³-hybridized carbons (Fsp3) is 0.625. The van der Waals surface area contributed by atoms with Gasteiger partial charge in [0.05, 0.1) is 44.5 Å². The van der Waals surface area contributed by atoms with Crippen molar-refractivity contribution in [1.29, 1.82) is 0 Å². The predicted octanol–water partition coefficient (Wildman–Crippen LogP) is 1.59. The van der Waals surface area contributed by atoms with Crippen LogP contribution in [0.25, 0.3) is 0 Å². The summed E-state index contributed by atoms with van der Waals surface area (Å²) in [7, 11) is 0. The summed E-state index contributed by atoms with van der Waals surface area (Å²) in [6, 6.07) is 6.00. The number of nitrogens with zero attached hydrogens (tertiary/aromatic N) is 1. The highest BCUT2D eigenvalue weighted by atomic mass is 79.9. The third kappa shape index (κ3) is 2.57. The zero-order valence-corrected chi connectivity index (χ0v) is 13.9. The van der Waals surface area contributed by atoms with Crippen LogP contribution < -0.4 is 4.74 Å². The van der Waals surface area contributed by atoms with Crippen LogP contribution in [0, 0.1) is 5.92 Å². The summed E-state index contributed by atoms with van der Waals surface area (Å²) in [6.45, 7) is 4.48. The van der Waals surface area contributed by atoms with Crippen LogP contribution in [0.4, 0.5) is 0 Å². The lowest BCUT2D eigenvalue weighted by atomic mass is 9.83. The highest BCUT2D eigenvalue weighted by molar-refractivity contribution is 9.10. The predicted molar refractivity (Wildman–Crippen MR) is 84.0 cm³/mol. The second kappa shape index (κ2) is 6.09. The summed E-state index contributed by atoms with van der Waals surface area (Å²) in [5, 5.41) is 10.8. The van der Waals surface area contributed by atoms with Gasteiger partial charge in [-0.25, -0.2) is 0 Å². The van der Waals surface area contributed by atoms with Gasteiger partial charge in [0.2, 0.25) is 0 Å². The van der Waals surface area contributed by atoms with Crippen molar-refractivity contribution in [3.8, 4) is 5.75 Å². The second-order valence-corrected chi connectivity index (χ2v) is 7.04. The van der Waals surface area contributed by atoms with E-state index >= 15 is 0 Å². The number of morpholine rings is 1. The van der Waals surface area contributed by atoms with Gasteiger partial charge in [0.15, 0.2) is 0 Å². The third-order valence-corrected chi connectivity index (χ3v) is 5.37. The molecule has 0 aliphatic carbocycles. The standard InChI is InChI=1S/C16H20BrNO4/c17-10-1-2-14-11(7-10)15(19)12-8-21-9-13(16(12)22-14)18-3-5-20-6-4-18/h1-2,7,12-13,15-16,19H,3-6,8-9H2. The number of fused-ring (bicyclic) bond motifs is 2. The SMILES string of the molecule is OC1c2cc(Br)ccc2OC2C1COCC2N1CCOCC1. The summed E-state index contributed by atoms with van der Waals surface area (Å²) in [5.41, 5.74) is 0.849. The van der Waals surface area contributed by atoms with Crippen LogP contribution in [0.3, 0.4) is 0 Å². The van der Waals surface area contributed by atoms with Crippen LogP contribution >= 0.6 is 15.9 Å². The minimum atomic E-state index is -0.546. The number of aliphatic hydroxyl groups is 1. The first kappa shape index (κ1) is 14.9. The van der Waals surface area contributed by atoms with Crippen molar-refractivity contribution in [2.45, 2.75) is 18.2 Å². The Balaban J connectivity index is 1.63. The Morgan fingerprint density at radius 2 is 1.95 bits per heavy atom. The number of rotatable bonds is 1. The molecule has 3 aliphatic rings. The van der Waals surface area contributed by atoms with Gasteiger partial charge in [0.25, 0.3) is 0 Å². The Kier molecular flexibility index (Phi) is 4.13. The van der Waals surface area contributed by atoms with Gasteiger partial charge in [0.1, 0.15) is 11.9 Å². The minimum Gasteiger partial charge on any atom is -0.488 e. The molecule has 1 aromatic carbocycles. The summed E-state index contributed by atoms with van der Waals surface area (Å²) in [4.78, 5) is 2.37. The molecule has 2 saturated heterocycles. The second-order valence-electron chi connectivity index (χ2n) is 6.13. The van der Waals surface area contributed by atoms with Crippen LogP contribution in [-0.2, 0) is 9.47 Å². The molecule has 0 amide bonds. The monoisotopic (exact) mass is 369 g/mol. The first-order valence-corrected chi connectivity index (χ1v) is 8.57. The molecule has 0 spiro atoms. The van der Waals surface area contributed by atoms with Crippen molar-refractivity contribution < 1.29 is 19.3 Å². The van der Waals surface area contributed by atoms with E-state index in [0.29, 0.717) is 13.2 Å². The molecule has 1 aromatic rings. The zero-order chi connectivity index (χ0) is 15.1. The van der Waals surface area contributed by atoms with Crippen molar-refractivity contribution in [3.05, 3.63) is 28.2 Å². The number of hydrogen-bond donors (Lipinski definition) is 1. The van der Waals surface area contributed by atoms with Gasteiger partial charge in [-0.2, -0.15) is 0 Å². The minimum absolute atomic E-state index is 0.0246. The Labute approximate surface area is 138 Å². The van der Waals surface area contributed by atoms with Crippen LogP contribution in [0.15, 0.2) is 22.7 Å². The van der Waals surface area contributed by atoms with Crippen molar-refractivity contribution >= 4 is 15.9 Å². The van der Waals surface area contributed by atoms with Crippen molar-refractivity contribution in [2.75, 3.05) is 39.5 Å². The zero-order valence-electron chi connectivity index (χ0n) is 12.3. The summed E-state index contributed by atoms with van der Waals surface area (Å²) >= 11 is 3.46. The molecule has 5 nitrogen and oxygen atoms in total. The molecular formula is C16H20BrNO4. The Bertz CT molecular complexity index is 549. The molecule has 4 unspecified atom stereocenters. The van der Waals surface area contributed by atoms with E-state index in [-0.39, 0.29) is 18.1 Å². The van der Waals surface area contributed by atoms with Crippen LogP contribution in [-0.4, -0.2) is 61.7 Å². The van der Waals surface area contributed by atoms with E-state index < -0.39 is 6.10 Å². The Hall–Kier alpha value is -0.660. The highest BCUT2D eigenvalue weighted by Gasteiger charge is 2.46. The van der Waals surface area contributed by atoms with Crippen molar-refractivity contribution in [2.24, 2.45) is 5.92 Å². The van der Waals surface area contributed by atoms with Crippen LogP contribution in [0.1, 0.15) is 11.7 Å². The van der Waals surface area contributed by atoms with Crippen molar-refractivity contribution in [3.63, 3.8) is 0 Å². The smallest absolute Gasteiger partial charge is 0.125 e. The van der Waals surface area contributed by atoms with E-state index in [9.17, 15) is 5.11 Å². The van der Waals surface area contributed by atoms with Gasteiger partial charge >= 0.3 is 0 Å². The first-order valence-electron chi connectivity index (χ1n) is 7.78. The van der Waals surface area contributed by atoms with E-state index in [1.54, 1.807) is 0 Å². The maximum Gasteiger partial charge on any atom is 0.125 e. The molecule has 0 radical (unpaired) electrons. The quantitative estimate of drug-likeness (QED) is 0.814. The average molecular weight is 370 g/mol. The molecule has 120 valence electrons. The van der Waals surface area contributed by atoms with Crippen LogP contribution in [0.2, 0.25) is 0 Å². The van der Waals surface area contributed by atoms with Gasteiger partial charge in [-0.3, -0.25) is 4.90 Å². The third-order valence-electron chi connectivity index (χ3n) is 4.87. The lowest BCUT2D eigenvalue weighted by Crippen LogP contribution is -2.60. The van der Waals surface area contributed by atoms with Gasteiger partial charge in [-0.15, -0.1) is 0 Å². The molecule has 4 atom stereocenters. The molecular weight excluding hydrogens is 350 g/mol. The molecule has 22 heavy (non-hydrogen) atoms. The molecule has 0 aromatic heterocycles. The average Bonchev–Trinajstić information content (AvgIpc) is 2.56. The number of halogens is 1. The lowest BCUT2D eigenvalue weighted by molar-refractivity contribution is -0.142. The molecule has 0 saturated carbocycles. The van der Waals surface area contributed by atoms with E-state index in [1.165, 1.54) is 0 Å². The number of benzene rings is 1. The fourth-order valence-corrected chi connectivity index (χ4v) is 4.07. The largest absolute Gasteiger partial charge is 0.488 e. The summed E-state index contributed by atoms with van der Waals surface area (Å²) in [5.74, 6) is 0.764.